The van der Waals surface area contributed by atoms with E-state index in [0.717, 1.165) is 12.1 Å². The summed E-state index contributed by atoms with van der Waals surface area (Å²) in [6, 6.07) is 4.82. The number of rotatable bonds is 4. The summed E-state index contributed by atoms with van der Waals surface area (Å²) < 4.78 is 37.9. The standard InChI is InChI=1S/C12H10F3NO3/c13-12(14,15)9-4-2-1-3-8(9)7-16-10(17)5-6-11(18)19/h1-6H,7H2,(H,16,17)(H,18,19). The predicted octanol–water partition coefficient (Wildman–Crippen LogP) is 1.96. The molecule has 0 bridgehead atoms. The van der Waals surface area contributed by atoms with Crippen molar-refractivity contribution >= 4 is 11.9 Å². The minimum Gasteiger partial charge on any atom is -0.478 e. The number of alkyl halides is 3. The molecule has 1 aromatic carbocycles. The molecule has 0 atom stereocenters. The van der Waals surface area contributed by atoms with Crippen LogP contribution in [0.4, 0.5) is 13.2 Å². The Balaban J connectivity index is 2.74. The SMILES string of the molecule is O=C(O)C=CC(=O)NCc1ccccc1C(F)(F)F. The van der Waals surface area contributed by atoms with E-state index in [1.54, 1.807) is 0 Å². The van der Waals surface area contributed by atoms with Crippen LogP contribution < -0.4 is 5.32 Å². The van der Waals surface area contributed by atoms with Gasteiger partial charge in [-0.3, -0.25) is 4.79 Å². The number of carbonyl (C=O) groups excluding carboxylic acids is 1. The number of nitrogens with one attached hydrogen (secondary N) is 1. The molecule has 0 unspecified atom stereocenters. The fraction of sp³-hybridized carbons (Fsp3) is 0.167. The first-order valence-electron chi connectivity index (χ1n) is 5.14. The quantitative estimate of drug-likeness (QED) is 0.824. The molecular formula is C12H10F3NO3. The molecule has 0 spiro atoms. The molecule has 0 saturated heterocycles. The molecule has 102 valence electrons. The van der Waals surface area contributed by atoms with Crippen molar-refractivity contribution in [1.29, 1.82) is 0 Å². The lowest BCUT2D eigenvalue weighted by atomic mass is 10.1. The number of hydrogen-bond acceptors (Lipinski definition) is 2. The van der Waals surface area contributed by atoms with E-state index in [-0.39, 0.29) is 12.1 Å². The number of benzene rings is 1. The van der Waals surface area contributed by atoms with Crippen molar-refractivity contribution < 1.29 is 27.9 Å². The molecule has 0 saturated carbocycles. The van der Waals surface area contributed by atoms with Crippen LogP contribution >= 0.6 is 0 Å². The zero-order chi connectivity index (χ0) is 14.5. The average molecular weight is 273 g/mol. The van der Waals surface area contributed by atoms with Crippen molar-refractivity contribution in [3.05, 3.63) is 47.5 Å². The van der Waals surface area contributed by atoms with Crippen molar-refractivity contribution in [2.24, 2.45) is 0 Å². The van der Waals surface area contributed by atoms with Crippen LogP contribution in [0.5, 0.6) is 0 Å². The molecule has 0 radical (unpaired) electrons. The fourth-order valence-electron chi connectivity index (χ4n) is 1.34. The zero-order valence-corrected chi connectivity index (χ0v) is 9.57. The van der Waals surface area contributed by atoms with Gasteiger partial charge in [-0.15, -0.1) is 0 Å². The van der Waals surface area contributed by atoms with E-state index in [9.17, 15) is 22.8 Å². The molecule has 0 aromatic heterocycles. The molecule has 1 aromatic rings. The summed E-state index contributed by atoms with van der Waals surface area (Å²) in [5.41, 5.74) is -0.926. The summed E-state index contributed by atoms with van der Waals surface area (Å²) >= 11 is 0. The van der Waals surface area contributed by atoms with Gasteiger partial charge < -0.3 is 10.4 Å². The van der Waals surface area contributed by atoms with Crippen LogP contribution in [0.15, 0.2) is 36.4 Å². The molecule has 0 aliphatic carbocycles. The van der Waals surface area contributed by atoms with Crippen LogP contribution in [0.3, 0.4) is 0 Å². The minimum atomic E-state index is -4.50. The zero-order valence-electron chi connectivity index (χ0n) is 9.57. The van der Waals surface area contributed by atoms with Gasteiger partial charge in [0.15, 0.2) is 0 Å². The first-order chi connectivity index (χ1) is 8.80. The van der Waals surface area contributed by atoms with Crippen molar-refractivity contribution in [2.75, 3.05) is 0 Å². The first kappa shape index (κ1) is 14.7. The Morgan fingerprint density at radius 3 is 2.42 bits per heavy atom. The van der Waals surface area contributed by atoms with Crippen LogP contribution in [0.1, 0.15) is 11.1 Å². The maximum Gasteiger partial charge on any atom is 0.416 e. The Morgan fingerprint density at radius 2 is 1.84 bits per heavy atom. The molecule has 0 fully saturated rings. The van der Waals surface area contributed by atoms with Gasteiger partial charge in [0.1, 0.15) is 0 Å². The maximum absolute atomic E-state index is 12.6. The number of amides is 1. The van der Waals surface area contributed by atoms with Gasteiger partial charge in [0.05, 0.1) is 5.56 Å². The molecular weight excluding hydrogens is 263 g/mol. The highest BCUT2D eigenvalue weighted by atomic mass is 19.4. The van der Waals surface area contributed by atoms with E-state index in [0.29, 0.717) is 6.08 Å². The molecule has 0 aliphatic heterocycles. The number of carboxylic acid groups (broad SMARTS) is 1. The number of halogens is 3. The van der Waals surface area contributed by atoms with Gasteiger partial charge in [-0.25, -0.2) is 4.79 Å². The van der Waals surface area contributed by atoms with Gasteiger partial charge >= 0.3 is 12.1 Å². The Hall–Kier alpha value is -2.31. The molecule has 0 heterocycles. The number of aliphatic carboxylic acids is 1. The molecule has 4 nitrogen and oxygen atoms in total. The number of carboxylic acids is 1. The Labute approximate surface area is 106 Å². The molecule has 1 rings (SSSR count). The van der Waals surface area contributed by atoms with Gasteiger partial charge in [0.25, 0.3) is 0 Å². The minimum absolute atomic E-state index is 0.0907. The van der Waals surface area contributed by atoms with Gasteiger partial charge in [0, 0.05) is 18.7 Å². The van der Waals surface area contributed by atoms with Gasteiger partial charge in [-0.05, 0) is 11.6 Å². The van der Waals surface area contributed by atoms with Crippen LogP contribution in [-0.4, -0.2) is 17.0 Å². The van der Waals surface area contributed by atoms with E-state index < -0.39 is 23.6 Å². The third-order valence-corrected chi connectivity index (χ3v) is 2.15. The van der Waals surface area contributed by atoms with Crippen LogP contribution in [0, 0.1) is 0 Å². The summed E-state index contributed by atoms with van der Waals surface area (Å²) in [7, 11) is 0. The monoisotopic (exact) mass is 273 g/mol. The Kier molecular flexibility index (Phi) is 4.68. The highest BCUT2D eigenvalue weighted by molar-refractivity contribution is 5.93. The largest absolute Gasteiger partial charge is 0.478 e. The third-order valence-electron chi connectivity index (χ3n) is 2.15. The summed E-state index contributed by atoms with van der Waals surface area (Å²) in [5, 5.41) is 10.5. The molecule has 2 N–H and O–H groups in total. The Bertz CT molecular complexity index is 509. The van der Waals surface area contributed by atoms with E-state index >= 15 is 0 Å². The summed E-state index contributed by atoms with van der Waals surface area (Å²) in [6.07, 6.45) is -3.16. The highest BCUT2D eigenvalue weighted by Crippen LogP contribution is 2.31. The second-order valence-corrected chi connectivity index (χ2v) is 3.54. The molecule has 0 aliphatic rings. The smallest absolute Gasteiger partial charge is 0.416 e. The lowest BCUT2D eigenvalue weighted by molar-refractivity contribution is -0.138. The van der Waals surface area contributed by atoms with Crippen molar-refractivity contribution in [3.8, 4) is 0 Å². The van der Waals surface area contributed by atoms with Crippen molar-refractivity contribution in [1.82, 2.24) is 5.32 Å². The molecule has 1 amide bonds. The van der Waals surface area contributed by atoms with Gasteiger partial charge in [-0.2, -0.15) is 13.2 Å². The van der Waals surface area contributed by atoms with Gasteiger partial charge in [-0.1, -0.05) is 18.2 Å². The predicted molar refractivity (Wildman–Crippen MR) is 60.1 cm³/mol. The summed E-state index contributed by atoms with van der Waals surface area (Å²) in [6.45, 7) is -0.335. The van der Waals surface area contributed by atoms with E-state index in [4.69, 9.17) is 5.11 Å². The second kappa shape index (κ2) is 6.03. The van der Waals surface area contributed by atoms with E-state index in [1.165, 1.54) is 18.2 Å². The first-order valence-corrected chi connectivity index (χ1v) is 5.14. The summed E-state index contributed by atoms with van der Waals surface area (Å²) in [4.78, 5) is 21.3. The fourth-order valence-corrected chi connectivity index (χ4v) is 1.34. The summed E-state index contributed by atoms with van der Waals surface area (Å²) in [5.74, 6) is -2.09. The van der Waals surface area contributed by atoms with Crippen LogP contribution in [0.25, 0.3) is 0 Å². The third kappa shape index (κ3) is 4.82. The lowest BCUT2D eigenvalue weighted by Gasteiger charge is -2.12. The molecule has 19 heavy (non-hydrogen) atoms. The second-order valence-electron chi connectivity index (χ2n) is 3.54. The normalized spacial score (nSPS) is 11.5. The van der Waals surface area contributed by atoms with Crippen molar-refractivity contribution in [2.45, 2.75) is 12.7 Å². The Morgan fingerprint density at radius 1 is 1.21 bits per heavy atom. The van der Waals surface area contributed by atoms with Crippen molar-refractivity contribution in [3.63, 3.8) is 0 Å². The lowest BCUT2D eigenvalue weighted by Crippen LogP contribution is -2.22. The van der Waals surface area contributed by atoms with Crippen LogP contribution in [-0.2, 0) is 22.3 Å². The maximum atomic E-state index is 12.6. The molecule has 7 heteroatoms. The van der Waals surface area contributed by atoms with E-state index in [2.05, 4.69) is 5.32 Å². The number of hydrogen-bond donors (Lipinski definition) is 2. The highest BCUT2D eigenvalue weighted by Gasteiger charge is 2.32. The van der Waals surface area contributed by atoms with Gasteiger partial charge in [0.2, 0.25) is 5.91 Å². The average Bonchev–Trinajstić information content (AvgIpc) is 2.33. The van der Waals surface area contributed by atoms with Crippen LogP contribution in [0.2, 0.25) is 0 Å². The van der Waals surface area contributed by atoms with E-state index in [1.807, 2.05) is 0 Å². The number of carbonyl (C=O) groups is 2. The topological polar surface area (TPSA) is 66.4 Å².